The van der Waals surface area contributed by atoms with Gasteiger partial charge in [0.05, 0.1) is 36.2 Å². The van der Waals surface area contributed by atoms with E-state index < -0.39 is 39.3 Å². The molecule has 4 aromatic rings. The summed E-state index contributed by atoms with van der Waals surface area (Å²) in [5.74, 6) is -3.22. The molecule has 54 heavy (non-hydrogen) atoms. The van der Waals surface area contributed by atoms with E-state index in [-0.39, 0.29) is 16.7 Å². The number of fused-ring (bicyclic) bond motifs is 1. The molecule has 0 N–H and O–H groups in total. The molecule has 8 nitrogen and oxygen atoms in total. The second-order valence-corrected chi connectivity index (χ2v) is 17.0. The predicted molar refractivity (Wildman–Crippen MR) is 193 cm³/mol. The Morgan fingerprint density at radius 1 is 0.741 bits per heavy atom. The van der Waals surface area contributed by atoms with Gasteiger partial charge in [0.15, 0.2) is 5.75 Å². The number of pyridine rings is 1. The van der Waals surface area contributed by atoms with Crippen molar-refractivity contribution in [3.63, 3.8) is 0 Å². The van der Waals surface area contributed by atoms with Gasteiger partial charge < -0.3 is 8.92 Å². The molecule has 1 aliphatic heterocycles. The number of aromatic nitrogens is 4. The van der Waals surface area contributed by atoms with E-state index >= 15 is 0 Å². The highest BCUT2D eigenvalue weighted by Crippen LogP contribution is 2.35. The Balaban J connectivity index is 0.000000251. The molecule has 0 spiro atoms. The SMILES string of the molecule is CC(C)c1cc2c(s1)CCOC2.CC(C)c1ccc(C(C)(F)F)s1.CC(C)c1ccc(OS(=O)(=O)C(F)(F)F)cn1.CC(C)c1cnc(C(F)(F)F)nn1. The lowest BCUT2D eigenvalue weighted by Gasteiger charge is -2.10. The summed E-state index contributed by atoms with van der Waals surface area (Å²) in [6.07, 6.45) is -1.35. The van der Waals surface area contributed by atoms with Gasteiger partial charge in [-0.1, -0.05) is 55.4 Å². The Morgan fingerprint density at radius 3 is 1.74 bits per heavy atom. The molecule has 0 amide bonds. The summed E-state index contributed by atoms with van der Waals surface area (Å²) in [6.45, 7) is 18.5. The first-order valence-corrected chi connectivity index (χ1v) is 19.7. The summed E-state index contributed by atoms with van der Waals surface area (Å²) in [4.78, 5) is 11.2. The van der Waals surface area contributed by atoms with Crippen LogP contribution in [0.25, 0.3) is 0 Å². The van der Waals surface area contributed by atoms with Crippen LogP contribution in [-0.4, -0.2) is 40.7 Å². The fraction of sp³-hybridized carbons (Fsp3) is 0.543. The maximum Gasteiger partial charge on any atom is 0.534 e. The highest BCUT2D eigenvalue weighted by molar-refractivity contribution is 7.88. The van der Waals surface area contributed by atoms with Crippen LogP contribution in [0.15, 0.2) is 42.7 Å². The van der Waals surface area contributed by atoms with E-state index in [1.54, 1.807) is 24.8 Å². The zero-order valence-electron chi connectivity index (χ0n) is 31.1. The number of halogens is 8. The maximum atomic E-state index is 12.7. The predicted octanol–water partition coefficient (Wildman–Crippen LogP) is 11.4. The lowest BCUT2D eigenvalue weighted by atomic mass is 10.1. The molecular formula is C35H44F8N4O4S3. The van der Waals surface area contributed by atoms with Crippen molar-refractivity contribution in [3.8, 4) is 5.75 Å². The molecule has 0 bridgehead atoms. The van der Waals surface area contributed by atoms with Crippen LogP contribution in [0, 0.1) is 0 Å². The maximum absolute atomic E-state index is 12.7. The van der Waals surface area contributed by atoms with Crippen LogP contribution in [0.5, 0.6) is 5.75 Å². The average molecular weight is 833 g/mol. The molecule has 302 valence electrons. The van der Waals surface area contributed by atoms with Crippen LogP contribution in [0.2, 0.25) is 0 Å². The molecule has 4 aromatic heterocycles. The fourth-order valence-corrected chi connectivity index (χ4v) is 6.53. The first-order valence-electron chi connectivity index (χ1n) is 16.6. The van der Waals surface area contributed by atoms with Crippen LogP contribution in [0.4, 0.5) is 35.1 Å². The van der Waals surface area contributed by atoms with Crippen LogP contribution < -0.4 is 4.18 Å². The monoisotopic (exact) mass is 832 g/mol. The van der Waals surface area contributed by atoms with Gasteiger partial charge >= 0.3 is 21.8 Å². The van der Waals surface area contributed by atoms with E-state index in [0.29, 0.717) is 23.2 Å². The summed E-state index contributed by atoms with van der Waals surface area (Å²) < 4.78 is 128. The topological polar surface area (TPSA) is 104 Å². The van der Waals surface area contributed by atoms with Gasteiger partial charge in [0, 0.05) is 33.7 Å². The van der Waals surface area contributed by atoms with Gasteiger partial charge in [-0.25, -0.2) is 13.8 Å². The first-order chi connectivity index (χ1) is 24.7. The van der Waals surface area contributed by atoms with Crippen molar-refractivity contribution in [3.05, 3.63) is 85.0 Å². The van der Waals surface area contributed by atoms with E-state index in [1.165, 1.54) is 33.9 Å². The van der Waals surface area contributed by atoms with E-state index in [2.05, 4.69) is 44.3 Å². The second-order valence-electron chi connectivity index (χ2n) is 13.2. The molecule has 0 saturated heterocycles. The summed E-state index contributed by atoms with van der Waals surface area (Å²) in [7, 11) is -5.62. The van der Waals surface area contributed by atoms with Crippen molar-refractivity contribution in [2.24, 2.45) is 0 Å². The number of alkyl halides is 8. The number of hydrogen-bond donors (Lipinski definition) is 0. The molecule has 0 atom stereocenters. The number of nitrogens with zero attached hydrogens (tertiary/aromatic N) is 4. The van der Waals surface area contributed by atoms with Gasteiger partial charge in [0.25, 0.3) is 11.7 Å². The standard InChI is InChI=1S/C10H14OS.C9H10F3NO3S.C9H12F2S.C7H8F3N3/c1-7(2)10-5-8-6-11-4-3-9(8)12-10;1-6(2)8-4-3-7(5-13-8)16-17(14,15)9(10,11)12;1-6(2)7-4-5-8(12-7)9(3,10)11;1-4(2)5-3-11-6(13-12-5)7(8,9)10/h5,7H,3-4,6H2,1-2H3;3-6H,1-2H3;4-6H,1-3H3;3-4H,1-2H3. The zero-order valence-corrected chi connectivity index (χ0v) is 33.6. The fourth-order valence-electron chi connectivity index (χ4n) is 3.99. The normalized spacial score (nSPS) is 13.4. The molecular weight excluding hydrogens is 789 g/mol. The number of thiophene rings is 2. The molecule has 1 aliphatic rings. The Bertz CT molecular complexity index is 1810. The quantitative estimate of drug-likeness (QED) is 0.103. The minimum atomic E-state index is -5.62. The Morgan fingerprint density at radius 2 is 1.35 bits per heavy atom. The van der Waals surface area contributed by atoms with E-state index in [0.717, 1.165) is 49.9 Å². The van der Waals surface area contributed by atoms with Crippen LogP contribution in [0.1, 0.15) is 128 Å². The van der Waals surface area contributed by atoms with Gasteiger partial charge in [-0.2, -0.15) is 39.9 Å². The van der Waals surface area contributed by atoms with Crippen molar-refractivity contribution in [2.75, 3.05) is 6.61 Å². The molecule has 0 fully saturated rings. The largest absolute Gasteiger partial charge is 0.534 e. The summed E-state index contributed by atoms with van der Waals surface area (Å²) in [6, 6.07) is 8.14. The lowest BCUT2D eigenvalue weighted by Crippen LogP contribution is -2.28. The number of hydrogen-bond acceptors (Lipinski definition) is 10. The third-order valence-corrected chi connectivity index (χ3v) is 11.2. The van der Waals surface area contributed by atoms with Crippen molar-refractivity contribution >= 4 is 32.8 Å². The van der Waals surface area contributed by atoms with Gasteiger partial charge in [-0.05, 0) is 59.6 Å². The summed E-state index contributed by atoms with van der Waals surface area (Å²) >= 11 is 3.16. The number of ether oxygens (including phenoxy) is 1. The van der Waals surface area contributed by atoms with Crippen molar-refractivity contribution in [1.82, 2.24) is 20.2 Å². The Kier molecular flexibility index (Phi) is 16.9. The smallest absolute Gasteiger partial charge is 0.376 e. The highest BCUT2D eigenvalue weighted by Gasteiger charge is 2.48. The van der Waals surface area contributed by atoms with Gasteiger partial charge in [-0.3, -0.25) is 4.98 Å². The molecule has 19 heteroatoms. The molecule has 0 radical (unpaired) electrons. The molecule has 0 saturated carbocycles. The Labute approximate surface area is 318 Å². The second kappa shape index (κ2) is 19.5. The minimum absolute atomic E-state index is 0.0299. The summed E-state index contributed by atoms with van der Waals surface area (Å²) in [5.41, 5.74) is -2.94. The van der Waals surface area contributed by atoms with Crippen LogP contribution in [-0.2, 0) is 40.0 Å². The van der Waals surface area contributed by atoms with Crippen molar-refractivity contribution < 1.29 is 52.5 Å². The average Bonchev–Trinajstić information content (AvgIpc) is 3.74. The third kappa shape index (κ3) is 14.7. The van der Waals surface area contributed by atoms with Gasteiger partial charge in [0.2, 0.25) is 0 Å². The number of rotatable bonds is 7. The zero-order chi connectivity index (χ0) is 41.2. The van der Waals surface area contributed by atoms with E-state index in [1.807, 2.05) is 39.0 Å². The molecule has 5 heterocycles. The lowest BCUT2D eigenvalue weighted by molar-refractivity contribution is -0.145. The van der Waals surface area contributed by atoms with E-state index in [4.69, 9.17) is 4.74 Å². The van der Waals surface area contributed by atoms with Crippen molar-refractivity contribution in [2.45, 2.75) is 117 Å². The van der Waals surface area contributed by atoms with Gasteiger partial charge in [0.1, 0.15) is 0 Å². The minimum Gasteiger partial charge on any atom is -0.376 e. The Hall–Kier alpha value is -3.29. The molecule has 0 aliphatic carbocycles. The van der Waals surface area contributed by atoms with Crippen molar-refractivity contribution in [1.29, 1.82) is 0 Å². The first kappa shape index (κ1) is 46.9. The van der Waals surface area contributed by atoms with Crippen LogP contribution >= 0.6 is 22.7 Å². The highest BCUT2D eigenvalue weighted by atomic mass is 32.2. The van der Waals surface area contributed by atoms with Crippen LogP contribution in [0.3, 0.4) is 0 Å². The molecule has 0 aromatic carbocycles. The van der Waals surface area contributed by atoms with Gasteiger partial charge in [-0.15, -0.1) is 27.8 Å². The third-order valence-electron chi connectivity index (χ3n) is 7.11. The summed E-state index contributed by atoms with van der Waals surface area (Å²) in [5, 5.41) is 6.40. The molecule has 0 unspecified atom stereocenters. The van der Waals surface area contributed by atoms with E-state index in [9.17, 15) is 43.5 Å². The molecule has 5 rings (SSSR count).